The van der Waals surface area contributed by atoms with Crippen molar-refractivity contribution in [2.24, 2.45) is 5.92 Å². The molecule has 0 aromatic carbocycles. The van der Waals surface area contributed by atoms with Crippen LogP contribution in [0.25, 0.3) is 0 Å². The monoisotopic (exact) mass is 385 g/mol. The van der Waals surface area contributed by atoms with Gasteiger partial charge in [0.25, 0.3) is 10.0 Å². The molecule has 0 bridgehead atoms. The number of amides is 1. The first-order valence-corrected chi connectivity index (χ1v) is 11.2. The molecule has 1 aromatic heterocycles. The minimum atomic E-state index is -3.43. The predicted octanol–water partition coefficient (Wildman–Crippen LogP) is 1.63. The Morgan fingerprint density at radius 2 is 2.16 bits per heavy atom. The van der Waals surface area contributed by atoms with Gasteiger partial charge in [-0.15, -0.1) is 11.3 Å². The zero-order valence-electron chi connectivity index (χ0n) is 14.9. The third-order valence-corrected chi connectivity index (χ3v) is 8.62. The summed E-state index contributed by atoms with van der Waals surface area (Å²) in [7, 11) is -3.43. The van der Waals surface area contributed by atoms with Crippen LogP contribution in [0.2, 0.25) is 0 Å². The van der Waals surface area contributed by atoms with Gasteiger partial charge in [-0.1, -0.05) is 0 Å². The van der Waals surface area contributed by atoms with Crippen LogP contribution in [0, 0.1) is 19.8 Å². The average molecular weight is 386 g/mol. The first kappa shape index (κ1) is 18.8. The minimum Gasteiger partial charge on any atom is -0.354 e. The van der Waals surface area contributed by atoms with Gasteiger partial charge in [0.2, 0.25) is 5.91 Å². The fourth-order valence-electron chi connectivity index (χ4n) is 3.68. The van der Waals surface area contributed by atoms with E-state index in [1.165, 1.54) is 11.3 Å². The zero-order chi connectivity index (χ0) is 18.0. The fraction of sp³-hybridized carbons (Fsp3) is 0.706. The van der Waals surface area contributed by atoms with E-state index in [-0.39, 0.29) is 17.9 Å². The molecule has 1 amide bonds. The summed E-state index contributed by atoms with van der Waals surface area (Å²) in [6, 6.07) is 1.84. The average Bonchev–Trinajstić information content (AvgIpc) is 3.22. The van der Waals surface area contributed by atoms with Crippen LogP contribution >= 0.6 is 11.3 Å². The van der Waals surface area contributed by atoms with Crippen molar-refractivity contribution in [2.45, 2.75) is 49.8 Å². The number of nitrogens with one attached hydrogen (secondary N) is 2. The molecule has 2 aliphatic heterocycles. The minimum absolute atomic E-state index is 0.0437. The summed E-state index contributed by atoms with van der Waals surface area (Å²) < 4.78 is 28.0. The SMILES string of the molecule is Cc1cc(C)c(S(=O)(=O)N2CCCC(CNC(=O)C3CCCN3)C2)s1. The Bertz CT molecular complexity index is 723. The lowest BCUT2D eigenvalue weighted by molar-refractivity contribution is -0.123. The third kappa shape index (κ3) is 4.24. The van der Waals surface area contributed by atoms with E-state index < -0.39 is 10.0 Å². The van der Waals surface area contributed by atoms with E-state index in [0.717, 1.165) is 42.7 Å². The van der Waals surface area contributed by atoms with Crippen LogP contribution in [0.5, 0.6) is 0 Å². The number of aryl methyl sites for hydroxylation is 2. The molecule has 2 fully saturated rings. The summed E-state index contributed by atoms with van der Waals surface area (Å²) in [6.07, 6.45) is 3.71. The molecule has 1 aromatic rings. The largest absolute Gasteiger partial charge is 0.354 e. The summed E-state index contributed by atoms with van der Waals surface area (Å²) >= 11 is 1.34. The van der Waals surface area contributed by atoms with Crippen LogP contribution in [-0.2, 0) is 14.8 Å². The smallest absolute Gasteiger partial charge is 0.252 e. The van der Waals surface area contributed by atoms with Gasteiger partial charge >= 0.3 is 0 Å². The van der Waals surface area contributed by atoms with Crippen molar-refractivity contribution >= 4 is 27.3 Å². The van der Waals surface area contributed by atoms with Gasteiger partial charge in [0, 0.05) is 24.5 Å². The normalized spacial score (nSPS) is 25.2. The molecular formula is C17H27N3O3S2. The third-order valence-electron chi connectivity index (χ3n) is 4.99. The van der Waals surface area contributed by atoms with Gasteiger partial charge in [-0.2, -0.15) is 4.31 Å². The maximum absolute atomic E-state index is 13.0. The Hall–Kier alpha value is -0.960. The van der Waals surface area contributed by atoms with Gasteiger partial charge in [0.15, 0.2) is 0 Å². The lowest BCUT2D eigenvalue weighted by atomic mass is 9.99. The van der Waals surface area contributed by atoms with E-state index in [2.05, 4.69) is 10.6 Å². The molecule has 0 aliphatic carbocycles. The Balaban J connectivity index is 1.60. The topological polar surface area (TPSA) is 78.5 Å². The van der Waals surface area contributed by atoms with Crippen molar-refractivity contribution in [3.8, 4) is 0 Å². The summed E-state index contributed by atoms with van der Waals surface area (Å²) in [4.78, 5) is 13.1. The second-order valence-electron chi connectivity index (χ2n) is 7.09. The van der Waals surface area contributed by atoms with Gasteiger partial charge in [-0.05, 0) is 63.6 Å². The number of hydrogen-bond donors (Lipinski definition) is 2. The highest BCUT2D eigenvalue weighted by molar-refractivity contribution is 7.91. The Morgan fingerprint density at radius 1 is 1.36 bits per heavy atom. The van der Waals surface area contributed by atoms with Gasteiger partial charge < -0.3 is 10.6 Å². The first-order chi connectivity index (χ1) is 11.9. The molecule has 25 heavy (non-hydrogen) atoms. The fourth-order valence-corrected chi connectivity index (χ4v) is 7.04. The van der Waals surface area contributed by atoms with Crippen molar-refractivity contribution in [2.75, 3.05) is 26.2 Å². The molecule has 8 heteroatoms. The quantitative estimate of drug-likeness (QED) is 0.808. The molecule has 3 heterocycles. The van der Waals surface area contributed by atoms with Crippen molar-refractivity contribution in [1.82, 2.24) is 14.9 Å². The standard InChI is InChI=1S/C17H27N3O3S2/c1-12-9-13(2)24-17(12)25(22,23)20-8-4-5-14(11-20)10-19-16(21)15-6-3-7-18-15/h9,14-15,18H,3-8,10-11H2,1-2H3,(H,19,21). The molecule has 2 N–H and O–H groups in total. The summed E-state index contributed by atoms with van der Waals surface area (Å²) in [5.41, 5.74) is 0.824. The Kier molecular flexibility index (Phi) is 5.82. The van der Waals surface area contributed by atoms with Crippen molar-refractivity contribution < 1.29 is 13.2 Å². The van der Waals surface area contributed by atoms with E-state index in [4.69, 9.17) is 0 Å². The molecule has 3 rings (SSSR count). The van der Waals surface area contributed by atoms with E-state index in [9.17, 15) is 13.2 Å². The van der Waals surface area contributed by atoms with E-state index in [1.54, 1.807) is 4.31 Å². The summed E-state index contributed by atoms with van der Waals surface area (Å²) in [6.45, 7) is 6.28. The molecule has 2 atom stereocenters. The van der Waals surface area contributed by atoms with Crippen LogP contribution in [-0.4, -0.2) is 50.9 Å². The van der Waals surface area contributed by atoms with Crippen LogP contribution in [0.4, 0.5) is 0 Å². The second-order valence-corrected chi connectivity index (χ2v) is 10.5. The Labute approximate surface area is 154 Å². The number of nitrogens with zero attached hydrogens (tertiary/aromatic N) is 1. The van der Waals surface area contributed by atoms with Gasteiger partial charge in [-0.3, -0.25) is 4.79 Å². The number of rotatable bonds is 5. The number of piperidine rings is 1. The van der Waals surface area contributed by atoms with E-state index in [1.807, 2.05) is 19.9 Å². The maximum atomic E-state index is 13.0. The summed E-state index contributed by atoms with van der Waals surface area (Å²) in [5, 5.41) is 6.19. The van der Waals surface area contributed by atoms with Crippen molar-refractivity contribution in [1.29, 1.82) is 0 Å². The number of hydrogen-bond acceptors (Lipinski definition) is 5. The highest BCUT2D eigenvalue weighted by Gasteiger charge is 2.33. The first-order valence-electron chi connectivity index (χ1n) is 8.96. The number of carbonyl (C=O) groups is 1. The van der Waals surface area contributed by atoms with Crippen LogP contribution < -0.4 is 10.6 Å². The van der Waals surface area contributed by atoms with E-state index in [0.29, 0.717) is 23.8 Å². The lowest BCUT2D eigenvalue weighted by Crippen LogP contribution is -2.46. The predicted molar refractivity (Wildman–Crippen MR) is 99.3 cm³/mol. The highest BCUT2D eigenvalue weighted by Crippen LogP contribution is 2.31. The Morgan fingerprint density at radius 3 is 2.80 bits per heavy atom. The molecule has 2 aliphatic rings. The molecule has 2 saturated heterocycles. The van der Waals surface area contributed by atoms with Crippen molar-refractivity contribution in [3.05, 3.63) is 16.5 Å². The van der Waals surface area contributed by atoms with Gasteiger partial charge in [-0.25, -0.2) is 8.42 Å². The lowest BCUT2D eigenvalue weighted by Gasteiger charge is -2.32. The van der Waals surface area contributed by atoms with E-state index >= 15 is 0 Å². The molecule has 140 valence electrons. The second kappa shape index (κ2) is 7.73. The highest BCUT2D eigenvalue weighted by atomic mass is 32.2. The molecular weight excluding hydrogens is 358 g/mol. The number of thiophene rings is 1. The van der Waals surface area contributed by atoms with Crippen LogP contribution in [0.15, 0.2) is 10.3 Å². The number of sulfonamides is 1. The maximum Gasteiger partial charge on any atom is 0.252 e. The summed E-state index contributed by atoms with van der Waals surface area (Å²) in [5.74, 6) is 0.220. The van der Waals surface area contributed by atoms with Gasteiger partial charge in [0.05, 0.1) is 6.04 Å². The molecule has 0 radical (unpaired) electrons. The molecule has 2 unspecified atom stereocenters. The molecule has 0 saturated carbocycles. The van der Waals surface area contributed by atoms with Crippen molar-refractivity contribution in [3.63, 3.8) is 0 Å². The number of carbonyl (C=O) groups excluding carboxylic acids is 1. The van der Waals surface area contributed by atoms with Crippen LogP contribution in [0.3, 0.4) is 0 Å². The van der Waals surface area contributed by atoms with Gasteiger partial charge in [0.1, 0.15) is 4.21 Å². The van der Waals surface area contributed by atoms with Crippen LogP contribution in [0.1, 0.15) is 36.1 Å². The molecule has 6 nitrogen and oxygen atoms in total. The zero-order valence-corrected chi connectivity index (χ0v) is 16.5. The molecule has 0 spiro atoms.